The van der Waals surface area contributed by atoms with E-state index in [1.165, 1.54) is 44.9 Å². The van der Waals surface area contributed by atoms with Crippen molar-refractivity contribution >= 4 is 12.1 Å². The van der Waals surface area contributed by atoms with Gasteiger partial charge in [-0.1, -0.05) is 34.1 Å². The number of ether oxygens (including phenoxy) is 1. The summed E-state index contributed by atoms with van der Waals surface area (Å²) in [5.74, 6) is 3.64. The molecule has 5 heteroatoms. The molecule has 0 unspecified atom stereocenters. The second-order valence-corrected chi connectivity index (χ2v) is 12.9. The van der Waals surface area contributed by atoms with E-state index >= 15 is 0 Å². The number of rotatable bonds is 8. The summed E-state index contributed by atoms with van der Waals surface area (Å²) in [6, 6.07) is 0. The van der Waals surface area contributed by atoms with Crippen LogP contribution < -0.4 is 5.32 Å². The van der Waals surface area contributed by atoms with Gasteiger partial charge in [-0.3, -0.25) is 4.79 Å². The Balaban J connectivity index is 1.38. The maximum Gasteiger partial charge on any atom is 0.407 e. The summed E-state index contributed by atoms with van der Waals surface area (Å²) < 4.78 is 5.84. The third-order valence-electron chi connectivity index (χ3n) is 11.3. The van der Waals surface area contributed by atoms with Gasteiger partial charge in [0.15, 0.2) is 0 Å². The summed E-state index contributed by atoms with van der Waals surface area (Å²) in [5, 5.41) is 12.1. The maximum absolute atomic E-state index is 12.2. The van der Waals surface area contributed by atoms with Gasteiger partial charge in [-0.05, 0) is 117 Å². The second kappa shape index (κ2) is 10.4. The first-order valence-corrected chi connectivity index (χ1v) is 14.3. The summed E-state index contributed by atoms with van der Waals surface area (Å²) in [6.45, 7) is 10.3. The van der Waals surface area contributed by atoms with E-state index in [4.69, 9.17) is 4.74 Å². The van der Waals surface area contributed by atoms with Gasteiger partial charge in [-0.2, -0.15) is 0 Å². The van der Waals surface area contributed by atoms with E-state index in [1.54, 1.807) is 0 Å². The Labute approximate surface area is 207 Å². The molecule has 4 fully saturated rings. The standard InChI is InChI=1S/C29H49NO4/c1-5-6-17-30-27(33)34-21-13-15-28(3)20(18-21)8-9-22-24-11-10-23(19(2)7-12-26(31)32)29(24,4)16-14-25(22)28/h19-25H,5-18H2,1-4H3,(H,30,33)(H,31,32)/t19-,20-,21-,22+,23-,24+,25+,28+,29-/m1/s1. The smallest absolute Gasteiger partial charge is 0.407 e. The van der Waals surface area contributed by atoms with Gasteiger partial charge in [-0.25, -0.2) is 4.79 Å². The third kappa shape index (κ3) is 4.87. The van der Waals surface area contributed by atoms with Gasteiger partial charge in [0.25, 0.3) is 0 Å². The highest BCUT2D eigenvalue weighted by molar-refractivity contribution is 5.67. The van der Waals surface area contributed by atoms with E-state index in [0.29, 0.717) is 41.5 Å². The van der Waals surface area contributed by atoms with Gasteiger partial charge in [0.1, 0.15) is 6.10 Å². The van der Waals surface area contributed by atoms with Gasteiger partial charge < -0.3 is 15.2 Å². The van der Waals surface area contributed by atoms with E-state index in [9.17, 15) is 14.7 Å². The SMILES string of the molecule is CCCCNC(=O)O[C@@H]1CC[C@@]2(C)[C@H](CC[C@@H]3[C@@H]2CC[C@]2(C)[C@@H]([C@H](C)CCC(=O)O)CC[C@@H]32)C1. The van der Waals surface area contributed by atoms with Gasteiger partial charge in [0.2, 0.25) is 0 Å². The van der Waals surface area contributed by atoms with E-state index in [0.717, 1.165) is 49.9 Å². The first-order chi connectivity index (χ1) is 16.2. The van der Waals surface area contributed by atoms with Crippen molar-refractivity contribution in [3.05, 3.63) is 0 Å². The fraction of sp³-hybridized carbons (Fsp3) is 0.931. The minimum absolute atomic E-state index is 0.0797. The molecule has 194 valence electrons. The summed E-state index contributed by atoms with van der Waals surface area (Å²) >= 11 is 0. The molecule has 2 N–H and O–H groups in total. The lowest BCUT2D eigenvalue weighted by Crippen LogP contribution is -2.54. The minimum atomic E-state index is -0.653. The zero-order valence-corrected chi connectivity index (χ0v) is 22.1. The number of carbonyl (C=O) groups is 2. The van der Waals surface area contributed by atoms with Crippen molar-refractivity contribution in [2.24, 2.45) is 46.3 Å². The molecular weight excluding hydrogens is 426 g/mol. The Bertz CT molecular complexity index is 740. The van der Waals surface area contributed by atoms with Crippen LogP contribution >= 0.6 is 0 Å². The van der Waals surface area contributed by atoms with Crippen molar-refractivity contribution < 1.29 is 19.4 Å². The molecular formula is C29H49NO4. The molecule has 4 rings (SSSR count). The fourth-order valence-corrected chi connectivity index (χ4v) is 9.41. The van der Waals surface area contributed by atoms with Crippen LogP contribution in [-0.4, -0.2) is 29.8 Å². The number of alkyl carbamates (subject to hydrolysis) is 1. The van der Waals surface area contributed by atoms with Crippen molar-refractivity contribution in [3.63, 3.8) is 0 Å². The molecule has 0 aromatic heterocycles. The van der Waals surface area contributed by atoms with Gasteiger partial charge in [0, 0.05) is 13.0 Å². The molecule has 0 aromatic carbocycles. The molecule has 9 atom stereocenters. The topological polar surface area (TPSA) is 75.6 Å². The molecule has 5 nitrogen and oxygen atoms in total. The summed E-state index contributed by atoms with van der Waals surface area (Å²) in [6.07, 6.45) is 14.2. The first-order valence-electron chi connectivity index (χ1n) is 14.3. The summed E-state index contributed by atoms with van der Waals surface area (Å²) in [5.41, 5.74) is 0.773. The monoisotopic (exact) mass is 475 g/mol. The van der Waals surface area contributed by atoms with Gasteiger partial charge in [0.05, 0.1) is 0 Å². The molecule has 0 saturated heterocycles. The number of hydrogen-bond donors (Lipinski definition) is 2. The van der Waals surface area contributed by atoms with Crippen LogP contribution in [0.2, 0.25) is 0 Å². The molecule has 0 bridgehead atoms. The zero-order chi connectivity index (χ0) is 24.5. The average molecular weight is 476 g/mol. The fourth-order valence-electron chi connectivity index (χ4n) is 9.41. The van der Waals surface area contributed by atoms with Crippen molar-refractivity contribution in [1.29, 1.82) is 0 Å². The number of nitrogens with one attached hydrogen (secondary N) is 1. The van der Waals surface area contributed by atoms with Crippen LogP contribution in [-0.2, 0) is 9.53 Å². The Morgan fingerprint density at radius 2 is 1.76 bits per heavy atom. The van der Waals surface area contributed by atoms with E-state index in [-0.39, 0.29) is 12.2 Å². The molecule has 34 heavy (non-hydrogen) atoms. The number of unbranched alkanes of at least 4 members (excludes halogenated alkanes) is 1. The van der Waals surface area contributed by atoms with Crippen LogP contribution in [0.4, 0.5) is 4.79 Å². The van der Waals surface area contributed by atoms with E-state index in [2.05, 4.69) is 33.0 Å². The Morgan fingerprint density at radius 3 is 2.50 bits per heavy atom. The van der Waals surface area contributed by atoms with Gasteiger partial charge >= 0.3 is 12.1 Å². The normalized spacial score (nSPS) is 42.1. The molecule has 0 spiro atoms. The van der Waals surface area contributed by atoms with Crippen molar-refractivity contribution in [2.75, 3.05) is 6.54 Å². The molecule has 4 aliphatic rings. The molecule has 1 amide bonds. The summed E-state index contributed by atoms with van der Waals surface area (Å²) in [4.78, 5) is 23.4. The van der Waals surface area contributed by atoms with Crippen LogP contribution in [0.15, 0.2) is 0 Å². The molecule has 0 radical (unpaired) electrons. The highest BCUT2D eigenvalue weighted by Gasteiger charge is 2.60. The largest absolute Gasteiger partial charge is 0.481 e. The lowest BCUT2D eigenvalue weighted by Gasteiger charge is -2.61. The van der Waals surface area contributed by atoms with Crippen LogP contribution in [0, 0.1) is 46.3 Å². The average Bonchev–Trinajstić information content (AvgIpc) is 3.15. The minimum Gasteiger partial charge on any atom is -0.481 e. The highest BCUT2D eigenvalue weighted by atomic mass is 16.6. The molecule has 0 heterocycles. The van der Waals surface area contributed by atoms with Crippen LogP contribution in [0.1, 0.15) is 111 Å². The maximum atomic E-state index is 12.2. The van der Waals surface area contributed by atoms with Gasteiger partial charge in [-0.15, -0.1) is 0 Å². The number of amides is 1. The zero-order valence-electron chi connectivity index (χ0n) is 22.1. The Kier molecular flexibility index (Phi) is 7.89. The van der Waals surface area contributed by atoms with Crippen LogP contribution in [0.5, 0.6) is 0 Å². The number of carbonyl (C=O) groups excluding carboxylic acids is 1. The molecule has 4 saturated carbocycles. The summed E-state index contributed by atoms with van der Waals surface area (Å²) in [7, 11) is 0. The third-order valence-corrected chi connectivity index (χ3v) is 11.3. The van der Waals surface area contributed by atoms with Crippen LogP contribution in [0.25, 0.3) is 0 Å². The number of carboxylic acids is 1. The van der Waals surface area contributed by atoms with Crippen molar-refractivity contribution in [1.82, 2.24) is 5.32 Å². The highest BCUT2D eigenvalue weighted by Crippen LogP contribution is 2.68. The van der Waals surface area contributed by atoms with Crippen molar-refractivity contribution in [3.8, 4) is 0 Å². The van der Waals surface area contributed by atoms with E-state index in [1.807, 2.05) is 0 Å². The predicted octanol–water partition coefficient (Wildman–Crippen LogP) is 7.04. The lowest BCUT2D eigenvalue weighted by atomic mass is 9.44. The number of fused-ring (bicyclic) bond motifs is 5. The quantitative estimate of drug-likeness (QED) is 0.369. The first kappa shape index (κ1) is 25.8. The van der Waals surface area contributed by atoms with E-state index < -0.39 is 5.97 Å². The number of aliphatic carboxylic acids is 1. The number of carboxylic acid groups (broad SMARTS) is 1. The Morgan fingerprint density at radius 1 is 1.03 bits per heavy atom. The number of hydrogen-bond acceptors (Lipinski definition) is 3. The Hall–Kier alpha value is -1.26. The lowest BCUT2D eigenvalue weighted by molar-refractivity contribution is -0.138. The predicted molar refractivity (Wildman–Crippen MR) is 134 cm³/mol. The molecule has 4 aliphatic carbocycles. The molecule has 0 aliphatic heterocycles. The van der Waals surface area contributed by atoms with Crippen LogP contribution in [0.3, 0.4) is 0 Å². The molecule has 0 aromatic rings. The van der Waals surface area contributed by atoms with Crippen molar-refractivity contribution in [2.45, 2.75) is 117 Å². The second-order valence-electron chi connectivity index (χ2n) is 12.9.